The zero-order chi connectivity index (χ0) is 16.1. The molecular weight excluding hydrogens is 284 g/mol. The molecule has 0 saturated carbocycles. The van der Waals surface area contributed by atoms with E-state index < -0.39 is 0 Å². The summed E-state index contributed by atoms with van der Waals surface area (Å²) < 4.78 is 7.19. The highest BCUT2D eigenvalue weighted by Crippen LogP contribution is 2.20. The fourth-order valence-corrected chi connectivity index (χ4v) is 2.38. The smallest absolute Gasteiger partial charge is 0.119 e. The summed E-state index contributed by atoms with van der Waals surface area (Å²) in [7, 11) is 1.65. The highest BCUT2D eigenvalue weighted by molar-refractivity contribution is 5.89. The maximum Gasteiger partial charge on any atom is 0.119 e. The number of benzene rings is 2. The molecule has 0 fully saturated rings. The van der Waals surface area contributed by atoms with Crippen molar-refractivity contribution in [3.05, 3.63) is 84.2 Å². The SMILES string of the molecule is COc1ccc(-n2ccc(/C=C(/C#N)c3ccccc3)c2)cc1. The number of rotatable bonds is 4. The van der Waals surface area contributed by atoms with Gasteiger partial charge in [0.25, 0.3) is 0 Å². The Balaban J connectivity index is 1.89. The Morgan fingerprint density at radius 3 is 2.43 bits per heavy atom. The van der Waals surface area contributed by atoms with Gasteiger partial charge in [0.1, 0.15) is 5.75 Å². The molecule has 0 amide bonds. The van der Waals surface area contributed by atoms with Crippen LogP contribution in [-0.4, -0.2) is 11.7 Å². The maximum atomic E-state index is 9.38. The average Bonchev–Trinajstić information content (AvgIpc) is 3.09. The minimum Gasteiger partial charge on any atom is -0.497 e. The van der Waals surface area contributed by atoms with Crippen molar-refractivity contribution in [2.75, 3.05) is 7.11 Å². The number of nitrogens with zero attached hydrogens (tertiary/aromatic N) is 2. The zero-order valence-electron chi connectivity index (χ0n) is 12.8. The first-order valence-corrected chi connectivity index (χ1v) is 7.30. The second kappa shape index (κ2) is 6.67. The molecule has 3 rings (SSSR count). The molecule has 0 spiro atoms. The Kier molecular flexibility index (Phi) is 4.26. The summed E-state index contributed by atoms with van der Waals surface area (Å²) in [4.78, 5) is 0. The summed E-state index contributed by atoms with van der Waals surface area (Å²) in [5, 5.41) is 9.38. The van der Waals surface area contributed by atoms with Gasteiger partial charge in [0.05, 0.1) is 18.8 Å². The van der Waals surface area contributed by atoms with Crippen molar-refractivity contribution < 1.29 is 4.74 Å². The third kappa shape index (κ3) is 3.33. The largest absolute Gasteiger partial charge is 0.497 e. The fourth-order valence-electron chi connectivity index (χ4n) is 2.38. The molecule has 3 aromatic rings. The summed E-state index contributed by atoms with van der Waals surface area (Å²) >= 11 is 0. The van der Waals surface area contributed by atoms with Crippen molar-refractivity contribution in [3.63, 3.8) is 0 Å². The van der Waals surface area contributed by atoms with E-state index in [4.69, 9.17) is 4.74 Å². The molecule has 0 aliphatic rings. The Morgan fingerprint density at radius 2 is 1.78 bits per heavy atom. The van der Waals surface area contributed by atoms with Crippen LogP contribution in [0.25, 0.3) is 17.3 Å². The van der Waals surface area contributed by atoms with Crippen molar-refractivity contribution in [3.8, 4) is 17.5 Å². The van der Waals surface area contributed by atoms with Crippen molar-refractivity contribution >= 4 is 11.6 Å². The van der Waals surface area contributed by atoms with Crippen molar-refractivity contribution in [2.45, 2.75) is 0 Å². The molecule has 0 N–H and O–H groups in total. The summed E-state index contributed by atoms with van der Waals surface area (Å²) in [6.45, 7) is 0. The van der Waals surface area contributed by atoms with Gasteiger partial charge in [-0.15, -0.1) is 0 Å². The van der Waals surface area contributed by atoms with Gasteiger partial charge in [0, 0.05) is 18.1 Å². The van der Waals surface area contributed by atoms with Gasteiger partial charge in [-0.3, -0.25) is 0 Å². The molecule has 0 saturated heterocycles. The molecule has 0 bridgehead atoms. The van der Waals surface area contributed by atoms with E-state index in [1.54, 1.807) is 7.11 Å². The minimum atomic E-state index is 0.651. The number of hydrogen-bond acceptors (Lipinski definition) is 2. The Morgan fingerprint density at radius 1 is 1.04 bits per heavy atom. The second-order valence-corrected chi connectivity index (χ2v) is 5.09. The van der Waals surface area contributed by atoms with E-state index in [0.29, 0.717) is 5.57 Å². The van der Waals surface area contributed by atoms with E-state index in [9.17, 15) is 5.26 Å². The molecule has 0 atom stereocenters. The van der Waals surface area contributed by atoms with Crippen LogP contribution in [0.2, 0.25) is 0 Å². The lowest BCUT2D eigenvalue weighted by Crippen LogP contribution is -1.90. The Hall–Kier alpha value is -3.25. The summed E-state index contributed by atoms with van der Waals surface area (Å²) in [5.74, 6) is 0.830. The van der Waals surface area contributed by atoms with Crippen molar-refractivity contribution in [1.82, 2.24) is 4.57 Å². The quantitative estimate of drug-likeness (QED) is 0.663. The molecule has 112 valence electrons. The third-order valence-electron chi connectivity index (χ3n) is 3.60. The summed E-state index contributed by atoms with van der Waals surface area (Å²) in [5.41, 5.74) is 3.61. The molecule has 1 aromatic heterocycles. The monoisotopic (exact) mass is 300 g/mol. The van der Waals surface area contributed by atoms with Gasteiger partial charge >= 0.3 is 0 Å². The van der Waals surface area contributed by atoms with E-state index >= 15 is 0 Å². The molecule has 2 aromatic carbocycles. The molecule has 1 heterocycles. The van der Waals surface area contributed by atoms with Gasteiger partial charge in [-0.1, -0.05) is 30.3 Å². The Bertz CT molecular complexity index is 853. The van der Waals surface area contributed by atoms with Crippen LogP contribution in [0, 0.1) is 11.3 Å². The number of hydrogen-bond donors (Lipinski definition) is 0. The number of methoxy groups -OCH3 is 1. The average molecular weight is 300 g/mol. The molecule has 3 heteroatoms. The van der Waals surface area contributed by atoms with Crippen LogP contribution >= 0.6 is 0 Å². The van der Waals surface area contributed by atoms with Crippen molar-refractivity contribution in [1.29, 1.82) is 5.26 Å². The first-order valence-electron chi connectivity index (χ1n) is 7.30. The van der Waals surface area contributed by atoms with Gasteiger partial charge in [-0.25, -0.2) is 0 Å². The van der Waals surface area contributed by atoms with E-state index in [0.717, 1.165) is 22.6 Å². The standard InChI is InChI=1S/C20H16N2O/c1-23-20-9-7-19(8-10-20)22-12-11-16(15-22)13-18(14-21)17-5-3-2-4-6-17/h2-13,15H,1H3/b18-13-. The molecule has 0 aliphatic heterocycles. The first-order chi connectivity index (χ1) is 11.3. The zero-order valence-corrected chi connectivity index (χ0v) is 12.8. The van der Waals surface area contributed by atoms with Gasteiger partial charge in [-0.05, 0) is 47.5 Å². The first kappa shape index (κ1) is 14.7. The number of aromatic nitrogens is 1. The lowest BCUT2D eigenvalue weighted by molar-refractivity contribution is 0.415. The Labute approximate surface area is 135 Å². The predicted octanol–water partition coefficient (Wildman–Crippen LogP) is 4.55. The fraction of sp³-hybridized carbons (Fsp3) is 0.0500. The lowest BCUT2D eigenvalue weighted by atomic mass is 10.1. The lowest BCUT2D eigenvalue weighted by Gasteiger charge is -2.04. The van der Waals surface area contributed by atoms with Crippen LogP contribution in [0.15, 0.2) is 73.1 Å². The van der Waals surface area contributed by atoms with Crippen molar-refractivity contribution in [2.24, 2.45) is 0 Å². The molecule has 0 aliphatic carbocycles. The molecule has 3 nitrogen and oxygen atoms in total. The molecule has 23 heavy (non-hydrogen) atoms. The summed E-state index contributed by atoms with van der Waals surface area (Å²) in [6.07, 6.45) is 5.88. The number of allylic oxidation sites excluding steroid dienone is 1. The van der Waals surface area contributed by atoms with Crippen LogP contribution in [0.1, 0.15) is 11.1 Å². The third-order valence-corrected chi connectivity index (χ3v) is 3.60. The normalized spacial score (nSPS) is 11.0. The molecule has 0 radical (unpaired) electrons. The van der Waals surface area contributed by atoms with E-state index in [1.807, 2.05) is 83.7 Å². The highest BCUT2D eigenvalue weighted by Gasteiger charge is 2.02. The van der Waals surface area contributed by atoms with Crippen LogP contribution in [0.5, 0.6) is 5.75 Å². The second-order valence-electron chi connectivity index (χ2n) is 5.09. The van der Waals surface area contributed by atoms with Gasteiger partial charge in [0.2, 0.25) is 0 Å². The van der Waals surface area contributed by atoms with Crippen LogP contribution < -0.4 is 4.74 Å². The number of nitriles is 1. The van der Waals surface area contributed by atoms with Crippen LogP contribution in [0.4, 0.5) is 0 Å². The maximum absolute atomic E-state index is 9.38. The van der Waals surface area contributed by atoms with E-state index in [-0.39, 0.29) is 0 Å². The van der Waals surface area contributed by atoms with E-state index in [1.165, 1.54) is 0 Å². The van der Waals surface area contributed by atoms with Crippen LogP contribution in [0.3, 0.4) is 0 Å². The molecular formula is C20H16N2O. The van der Waals surface area contributed by atoms with Gasteiger partial charge in [-0.2, -0.15) is 5.26 Å². The highest BCUT2D eigenvalue weighted by atomic mass is 16.5. The predicted molar refractivity (Wildman–Crippen MR) is 92.2 cm³/mol. The van der Waals surface area contributed by atoms with Crippen LogP contribution in [-0.2, 0) is 0 Å². The number of ether oxygens (including phenoxy) is 1. The summed E-state index contributed by atoms with van der Waals surface area (Å²) in [6, 6.07) is 21.8. The minimum absolute atomic E-state index is 0.651. The van der Waals surface area contributed by atoms with Gasteiger partial charge < -0.3 is 9.30 Å². The topological polar surface area (TPSA) is 38.0 Å². The van der Waals surface area contributed by atoms with E-state index in [2.05, 4.69) is 6.07 Å². The van der Waals surface area contributed by atoms with Gasteiger partial charge in [0.15, 0.2) is 0 Å². The molecule has 0 unspecified atom stereocenters.